The van der Waals surface area contributed by atoms with E-state index in [0.717, 1.165) is 0 Å². The summed E-state index contributed by atoms with van der Waals surface area (Å²) in [6.07, 6.45) is -1.18. The second-order valence-electron chi connectivity index (χ2n) is 2.37. The van der Waals surface area contributed by atoms with Crippen LogP contribution in [0, 0.1) is 0 Å². The number of carboxylic acids is 2. The van der Waals surface area contributed by atoms with Crippen LogP contribution in [0.3, 0.4) is 0 Å². The molecule has 0 aromatic heterocycles. The van der Waals surface area contributed by atoms with Gasteiger partial charge in [-0.2, -0.15) is 0 Å². The van der Waals surface area contributed by atoms with E-state index >= 15 is 0 Å². The van der Waals surface area contributed by atoms with Gasteiger partial charge < -0.3 is 26.2 Å². The lowest BCUT2D eigenvalue weighted by Gasteiger charge is -1.95. The van der Waals surface area contributed by atoms with Crippen LogP contribution in [0.4, 0.5) is 0 Å². The Morgan fingerprint density at radius 3 is 1.57 bits per heavy atom. The number of aliphatic hydroxyl groups excluding tert-OH is 2. The summed E-state index contributed by atoms with van der Waals surface area (Å²) in [4.78, 5) is 19.3. The fraction of sp³-hybridized carbons (Fsp3) is 0.714. The van der Waals surface area contributed by atoms with Gasteiger partial charge in [-0.15, -0.1) is 0 Å². The molecule has 0 aromatic rings. The van der Waals surface area contributed by atoms with E-state index in [0.29, 0.717) is 0 Å². The maximum Gasteiger partial charge on any atom is 0.303 e. The van der Waals surface area contributed by atoms with Crippen molar-refractivity contribution in [2.24, 2.45) is 5.73 Å². The fourth-order valence-corrected chi connectivity index (χ4v) is 0.346. The zero-order valence-corrected chi connectivity index (χ0v) is 7.59. The smallest absolute Gasteiger partial charge is 0.303 e. The van der Waals surface area contributed by atoms with Gasteiger partial charge >= 0.3 is 11.9 Å². The van der Waals surface area contributed by atoms with Gasteiger partial charge in [-0.3, -0.25) is 9.59 Å². The summed E-state index contributed by atoms with van der Waals surface area (Å²) in [7, 11) is 0. The van der Waals surface area contributed by atoms with Gasteiger partial charge in [0.05, 0.1) is 12.8 Å². The second kappa shape index (κ2) is 9.90. The van der Waals surface area contributed by atoms with Crippen molar-refractivity contribution in [3.63, 3.8) is 0 Å². The predicted octanol–water partition coefficient (Wildman–Crippen LogP) is -1.42. The standard InChI is InChI=1S/C4H6O4.C3H9NO2/c5-3(6)1-2-4(7)8;4-3(6)1-2-5/h1-2H2,(H,5,6)(H,7,8);3,5-6H,1-2,4H2. The minimum Gasteiger partial charge on any atom is -0.481 e. The molecule has 0 aliphatic heterocycles. The van der Waals surface area contributed by atoms with Crippen LogP contribution < -0.4 is 5.73 Å². The summed E-state index contributed by atoms with van der Waals surface area (Å²) in [5.41, 5.74) is 4.80. The second-order valence-corrected chi connectivity index (χ2v) is 2.37. The van der Waals surface area contributed by atoms with Gasteiger partial charge in [0.2, 0.25) is 0 Å². The molecule has 1 atom stereocenters. The zero-order chi connectivity index (χ0) is 11.6. The first-order chi connectivity index (χ1) is 6.40. The van der Waals surface area contributed by atoms with Crippen LogP contribution in [0.25, 0.3) is 0 Å². The normalized spacial score (nSPS) is 11.1. The van der Waals surface area contributed by atoms with E-state index in [1.54, 1.807) is 0 Å². The van der Waals surface area contributed by atoms with Gasteiger partial charge in [0, 0.05) is 13.0 Å². The summed E-state index contributed by atoms with van der Waals surface area (Å²) in [5, 5.41) is 32.0. The Bertz CT molecular complexity index is 156. The largest absolute Gasteiger partial charge is 0.481 e. The van der Waals surface area contributed by atoms with Gasteiger partial charge in [-0.1, -0.05) is 0 Å². The Hall–Kier alpha value is -1.18. The van der Waals surface area contributed by atoms with E-state index in [-0.39, 0.29) is 25.9 Å². The topological polar surface area (TPSA) is 141 Å². The van der Waals surface area contributed by atoms with E-state index in [9.17, 15) is 9.59 Å². The number of hydrogen-bond acceptors (Lipinski definition) is 5. The van der Waals surface area contributed by atoms with Crippen molar-refractivity contribution in [1.82, 2.24) is 0 Å². The van der Waals surface area contributed by atoms with E-state index in [2.05, 4.69) is 0 Å². The molecule has 84 valence electrons. The number of rotatable bonds is 5. The van der Waals surface area contributed by atoms with Crippen LogP contribution in [0.1, 0.15) is 19.3 Å². The monoisotopic (exact) mass is 209 g/mol. The molecule has 0 rings (SSSR count). The summed E-state index contributed by atoms with van der Waals surface area (Å²) < 4.78 is 0. The Labute approximate surface area is 80.8 Å². The predicted molar refractivity (Wildman–Crippen MR) is 46.4 cm³/mol. The maximum atomic E-state index is 9.64. The fourth-order valence-electron chi connectivity index (χ4n) is 0.346. The molecule has 0 fully saturated rings. The molecule has 14 heavy (non-hydrogen) atoms. The van der Waals surface area contributed by atoms with Crippen LogP contribution in [0.5, 0.6) is 0 Å². The Balaban J connectivity index is 0. The van der Waals surface area contributed by atoms with Crippen molar-refractivity contribution >= 4 is 11.9 Å². The van der Waals surface area contributed by atoms with Crippen LogP contribution in [0.15, 0.2) is 0 Å². The molecular weight excluding hydrogens is 194 g/mol. The number of carboxylic acid groups (broad SMARTS) is 2. The highest BCUT2D eigenvalue weighted by molar-refractivity contribution is 5.75. The van der Waals surface area contributed by atoms with Crippen molar-refractivity contribution in [2.45, 2.75) is 25.5 Å². The number of aliphatic carboxylic acids is 2. The number of hydrogen-bond donors (Lipinski definition) is 5. The molecule has 0 saturated heterocycles. The summed E-state index contributed by atoms with van der Waals surface area (Å²) >= 11 is 0. The highest BCUT2D eigenvalue weighted by Crippen LogP contribution is 1.86. The molecule has 0 aliphatic carbocycles. The molecule has 6 N–H and O–H groups in total. The summed E-state index contributed by atoms with van der Waals surface area (Å²) in [5.74, 6) is -2.15. The third-order valence-electron chi connectivity index (χ3n) is 0.978. The lowest BCUT2D eigenvalue weighted by atomic mass is 10.3. The van der Waals surface area contributed by atoms with Crippen LogP contribution in [0.2, 0.25) is 0 Å². The molecule has 0 amide bonds. The highest BCUT2D eigenvalue weighted by Gasteiger charge is 2.00. The quantitative estimate of drug-likeness (QED) is 0.350. The minimum absolute atomic E-state index is 0.0440. The molecule has 0 aliphatic rings. The molecule has 0 heterocycles. The summed E-state index contributed by atoms with van der Waals surface area (Å²) in [6, 6.07) is 0. The molecule has 7 heteroatoms. The average molecular weight is 209 g/mol. The Morgan fingerprint density at radius 1 is 1.14 bits per heavy atom. The zero-order valence-electron chi connectivity index (χ0n) is 7.59. The molecule has 1 unspecified atom stereocenters. The van der Waals surface area contributed by atoms with Crippen molar-refractivity contribution in [2.75, 3.05) is 6.61 Å². The van der Waals surface area contributed by atoms with Gasteiger partial charge in [0.25, 0.3) is 0 Å². The Morgan fingerprint density at radius 2 is 1.50 bits per heavy atom. The number of aliphatic hydroxyl groups is 2. The molecule has 0 bridgehead atoms. The van der Waals surface area contributed by atoms with E-state index in [1.165, 1.54) is 0 Å². The number of carbonyl (C=O) groups is 2. The molecular formula is C7H15NO6. The molecule has 0 radical (unpaired) electrons. The molecule has 0 saturated carbocycles. The van der Waals surface area contributed by atoms with Gasteiger partial charge in [-0.05, 0) is 0 Å². The first-order valence-corrected chi connectivity index (χ1v) is 3.88. The molecule has 0 spiro atoms. The first-order valence-electron chi connectivity index (χ1n) is 3.88. The van der Waals surface area contributed by atoms with E-state index in [1.807, 2.05) is 0 Å². The van der Waals surface area contributed by atoms with Gasteiger partial charge in [-0.25, -0.2) is 0 Å². The Kier molecular flexibility index (Phi) is 10.8. The van der Waals surface area contributed by atoms with Crippen LogP contribution in [-0.2, 0) is 9.59 Å². The van der Waals surface area contributed by atoms with Crippen molar-refractivity contribution < 1.29 is 30.0 Å². The molecule has 0 aromatic carbocycles. The van der Waals surface area contributed by atoms with Gasteiger partial charge in [0.1, 0.15) is 6.23 Å². The van der Waals surface area contributed by atoms with Crippen LogP contribution >= 0.6 is 0 Å². The third-order valence-corrected chi connectivity index (χ3v) is 0.978. The molecule has 7 nitrogen and oxygen atoms in total. The van der Waals surface area contributed by atoms with Crippen molar-refractivity contribution in [3.8, 4) is 0 Å². The third kappa shape index (κ3) is 22.4. The highest BCUT2D eigenvalue weighted by atomic mass is 16.4. The average Bonchev–Trinajstić information content (AvgIpc) is 2.01. The van der Waals surface area contributed by atoms with Crippen LogP contribution in [-0.4, -0.2) is 45.2 Å². The number of nitrogens with two attached hydrogens (primary N) is 1. The van der Waals surface area contributed by atoms with Crippen molar-refractivity contribution in [1.29, 1.82) is 0 Å². The minimum atomic E-state index is -1.08. The van der Waals surface area contributed by atoms with E-state index < -0.39 is 18.2 Å². The first kappa shape index (κ1) is 15.3. The lowest BCUT2D eigenvalue weighted by molar-refractivity contribution is -0.143. The maximum absolute atomic E-state index is 9.64. The van der Waals surface area contributed by atoms with Gasteiger partial charge in [0.15, 0.2) is 0 Å². The van der Waals surface area contributed by atoms with E-state index in [4.69, 9.17) is 26.2 Å². The van der Waals surface area contributed by atoms with Crippen molar-refractivity contribution in [3.05, 3.63) is 0 Å². The lowest BCUT2D eigenvalue weighted by Crippen LogP contribution is -2.19. The SMILES string of the molecule is NC(O)CCO.O=C(O)CCC(=O)O. The summed E-state index contributed by atoms with van der Waals surface area (Å²) in [6.45, 7) is -0.0440.